The maximum Gasteiger partial charge on any atom is 0.338 e. The fourth-order valence-electron chi connectivity index (χ4n) is 2.02. The molecule has 0 fully saturated rings. The topological polar surface area (TPSA) is 85.1 Å². The molecule has 0 saturated heterocycles. The zero-order chi connectivity index (χ0) is 18.8. The number of thiocarbonyl (C=S) groups is 1. The minimum absolute atomic E-state index is 0.340. The van der Waals surface area contributed by atoms with Crippen molar-refractivity contribution in [1.82, 2.24) is 10.7 Å². The molecule has 2 N–H and O–H groups in total. The Kier molecular flexibility index (Phi) is 7.78. The molecule has 1 aromatic carbocycles. The Balaban J connectivity index is 1.91. The fraction of sp³-hybridized carbons (Fsp3) is 0.278. The van der Waals surface area contributed by atoms with E-state index in [4.69, 9.17) is 26.1 Å². The number of esters is 1. The zero-order valence-electron chi connectivity index (χ0n) is 14.7. The van der Waals surface area contributed by atoms with Crippen molar-refractivity contribution in [2.24, 2.45) is 5.10 Å². The van der Waals surface area contributed by atoms with Gasteiger partial charge in [-0.3, -0.25) is 5.43 Å². The van der Waals surface area contributed by atoms with Crippen LogP contribution in [0.1, 0.15) is 23.0 Å². The third-order valence-electron chi connectivity index (χ3n) is 3.26. The van der Waals surface area contributed by atoms with Crippen molar-refractivity contribution in [2.45, 2.75) is 6.92 Å². The number of methoxy groups -OCH3 is 1. The van der Waals surface area contributed by atoms with E-state index in [1.54, 1.807) is 44.4 Å². The number of carbonyl (C=O) groups is 1. The number of ether oxygens (including phenoxy) is 2. The molecule has 0 saturated carbocycles. The van der Waals surface area contributed by atoms with E-state index in [2.05, 4.69) is 15.8 Å². The van der Waals surface area contributed by atoms with Crippen LogP contribution in [0.5, 0.6) is 0 Å². The second kappa shape index (κ2) is 10.3. The van der Waals surface area contributed by atoms with Crippen molar-refractivity contribution < 1.29 is 18.7 Å². The van der Waals surface area contributed by atoms with E-state index in [9.17, 15) is 4.79 Å². The molecule has 0 spiro atoms. The van der Waals surface area contributed by atoms with Crippen LogP contribution in [-0.2, 0) is 9.47 Å². The molecule has 7 nitrogen and oxygen atoms in total. The molecule has 0 radical (unpaired) electrons. The van der Waals surface area contributed by atoms with E-state index >= 15 is 0 Å². The van der Waals surface area contributed by atoms with Gasteiger partial charge in [0.25, 0.3) is 0 Å². The lowest BCUT2D eigenvalue weighted by Gasteiger charge is -2.05. The molecule has 1 aromatic heterocycles. The third-order valence-corrected chi connectivity index (χ3v) is 3.49. The monoisotopic (exact) mass is 375 g/mol. The van der Waals surface area contributed by atoms with Crippen LogP contribution in [-0.4, -0.2) is 44.2 Å². The van der Waals surface area contributed by atoms with Crippen LogP contribution in [0.3, 0.4) is 0 Å². The highest BCUT2D eigenvalue weighted by molar-refractivity contribution is 7.80. The summed E-state index contributed by atoms with van der Waals surface area (Å²) in [6, 6.07) is 10.6. The molecular weight excluding hydrogens is 354 g/mol. The standard InChI is InChI=1S/C18H21N3O4S/c1-3-24-17(22)14-6-4-13(5-7-14)16-9-8-15(25-16)12-20-21-18(26)19-10-11-23-2/h4-9,12H,3,10-11H2,1-2H3,(H2,19,21,26)/b20-12-. The summed E-state index contributed by atoms with van der Waals surface area (Å²) in [5.41, 5.74) is 4.05. The zero-order valence-corrected chi connectivity index (χ0v) is 15.5. The summed E-state index contributed by atoms with van der Waals surface area (Å²) >= 11 is 5.06. The molecule has 2 aromatic rings. The molecular formula is C18H21N3O4S. The minimum atomic E-state index is -0.340. The van der Waals surface area contributed by atoms with Gasteiger partial charge >= 0.3 is 5.97 Å². The number of benzene rings is 1. The molecule has 138 valence electrons. The Morgan fingerprint density at radius 2 is 2.04 bits per heavy atom. The largest absolute Gasteiger partial charge is 0.462 e. The van der Waals surface area contributed by atoms with Gasteiger partial charge in [-0.2, -0.15) is 5.10 Å². The summed E-state index contributed by atoms with van der Waals surface area (Å²) in [5.74, 6) is 0.900. The van der Waals surface area contributed by atoms with Gasteiger partial charge in [0.05, 0.1) is 25.0 Å². The Labute approximate surface area is 157 Å². The van der Waals surface area contributed by atoms with E-state index in [-0.39, 0.29) is 5.97 Å². The van der Waals surface area contributed by atoms with Gasteiger partial charge in [-0.1, -0.05) is 12.1 Å². The molecule has 0 aliphatic heterocycles. The van der Waals surface area contributed by atoms with E-state index in [0.717, 1.165) is 5.56 Å². The number of rotatable bonds is 8. The highest BCUT2D eigenvalue weighted by Gasteiger charge is 2.08. The molecule has 2 rings (SSSR count). The molecule has 0 amide bonds. The predicted octanol–water partition coefficient (Wildman–Crippen LogP) is 2.57. The highest BCUT2D eigenvalue weighted by atomic mass is 32.1. The first-order valence-electron chi connectivity index (χ1n) is 8.07. The van der Waals surface area contributed by atoms with Gasteiger partial charge in [0.2, 0.25) is 0 Å². The van der Waals surface area contributed by atoms with Crippen LogP contribution in [0.25, 0.3) is 11.3 Å². The van der Waals surface area contributed by atoms with Crippen molar-refractivity contribution in [1.29, 1.82) is 0 Å². The van der Waals surface area contributed by atoms with Gasteiger partial charge in [0.15, 0.2) is 5.11 Å². The number of hydrogen-bond donors (Lipinski definition) is 2. The lowest BCUT2D eigenvalue weighted by Crippen LogP contribution is -2.34. The number of nitrogens with zero attached hydrogens (tertiary/aromatic N) is 1. The predicted molar refractivity (Wildman–Crippen MR) is 103 cm³/mol. The highest BCUT2D eigenvalue weighted by Crippen LogP contribution is 2.22. The molecule has 0 aliphatic carbocycles. The Bertz CT molecular complexity index is 756. The van der Waals surface area contributed by atoms with Crippen LogP contribution < -0.4 is 10.7 Å². The first kappa shape index (κ1) is 19.6. The summed E-state index contributed by atoms with van der Waals surface area (Å²) < 4.78 is 15.6. The van der Waals surface area contributed by atoms with Gasteiger partial charge in [0, 0.05) is 19.2 Å². The first-order valence-corrected chi connectivity index (χ1v) is 8.48. The van der Waals surface area contributed by atoms with Crippen LogP contribution in [0.2, 0.25) is 0 Å². The molecule has 0 unspecified atom stereocenters. The van der Waals surface area contributed by atoms with Gasteiger partial charge in [0.1, 0.15) is 11.5 Å². The molecule has 0 bridgehead atoms. The average Bonchev–Trinajstić information content (AvgIpc) is 3.11. The Hall–Kier alpha value is -2.71. The van der Waals surface area contributed by atoms with Crippen molar-refractivity contribution >= 4 is 29.5 Å². The quantitative estimate of drug-likeness (QED) is 0.241. The summed E-state index contributed by atoms with van der Waals surface area (Å²) in [6.07, 6.45) is 1.53. The Morgan fingerprint density at radius 1 is 1.27 bits per heavy atom. The van der Waals surface area contributed by atoms with Crippen LogP contribution in [0.4, 0.5) is 0 Å². The van der Waals surface area contributed by atoms with Gasteiger partial charge in [-0.15, -0.1) is 0 Å². The Morgan fingerprint density at radius 3 is 2.73 bits per heavy atom. The fourth-order valence-corrected chi connectivity index (χ4v) is 2.18. The van der Waals surface area contributed by atoms with Crippen molar-refractivity contribution in [3.05, 3.63) is 47.7 Å². The van der Waals surface area contributed by atoms with Gasteiger partial charge in [-0.05, 0) is 43.4 Å². The summed E-state index contributed by atoms with van der Waals surface area (Å²) in [5, 5.41) is 7.35. The van der Waals surface area contributed by atoms with Gasteiger partial charge in [-0.25, -0.2) is 4.79 Å². The maximum absolute atomic E-state index is 11.7. The number of hydrogen-bond acceptors (Lipinski definition) is 6. The maximum atomic E-state index is 11.7. The number of furan rings is 1. The average molecular weight is 375 g/mol. The van der Waals surface area contributed by atoms with Crippen LogP contribution in [0, 0.1) is 0 Å². The van der Waals surface area contributed by atoms with E-state index in [0.29, 0.717) is 42.0 Å². The van der Waals surface area contributed by atoms with Crippen molar-refractivity contribution in [2.75, 3.05) is 26.9 Å². The van der Waals surface area contributed by atoms with E-state index in [1.807, 2.05) is 6.07 Å². The van der Waals surface area contributed by atoms with E-state index in [1.165, 1.54) is 6.21 Å². The molecule has 0 atom stereocenters. The van der Waals surface area contributed by atoms with Crippen molar-refractivity contribution in [3.8, 4) is 11.3 Å². The molecule has 26 heavy (non-hydrogen) atoms. The van der Waals surface area contributed by atoms with E-state index < -0.39 is 0 Å². The van der Waals surface area contributed by atoms with Gasteiger partial charge < -0.3 is 19.2 Å². The van der Waals surface area contributed by atoms with Crippen LogP contribution >= 0.6 is 12.2 Å². The summed E-state index contributed by atoms with van der Waals surface area (Å²) in [7, 11) is 1.62. The second-order valence-corrected chi connectivity index (χ2v) is 5.53. The normalized spacial score (nSPS) is 10.7. The number of nitrogens with one attached hydrogen (secondary N) is 2. The smallest absolute Gasteiger partial charge is 0.338 e. The second-order valence-electron chi connectivity index (χ2n) is 5.12. The molecule has 8 heteroatoms. The number of carbonyl (C=O) groups excluding carboxylic acids is 1. The SMILES string of the molecule is CCOC(=O)c1ccc(-c2ccc(/C=N\NC(=S)NCCOC)o2)cc1. The summed E-state index contributed by atoms with van der Waals surface area (Å²) in [6.45, 7) is 3.28. The lowest BCUT2D eigenvalue weighted by atomic mass is 10.1. The first-order chi connectivity index (χ1) is 12.6. The number of hydrazone groups is 1. The van der Waals surface area contributed by atoms with Crippen molar-refractivity contribution in [3.63, 3.8) is 0 Å². The molecule has 0 aliphatic rings. The third kappa shape index (κ3) is 5.98. The lowest BCUT2D eigenvalue weighted by molar-refractivity contribution is 0.0526. The summed E-state index contributed by atoms with van der Waals surface area (Å²) in [4.78, 5) is 11.7. The minimum Gasteiger partial charge on any atom is -0.462 e. The molecule has 1 heterocycles. The van der Waals surface area contributed by atoms with Crippen LogP contribution in [0.15, 0.2) is 45.9 Å².